The largest absolute Gasteiger partial charge is 0.379 e. The molecule has 0 bridgehead atoms. The summed E-state index contributed by atoms with van der Waals surface area (Å²) in [4.78, 5) is 24.3. The van der Waals surface area contributed by atoms with Crippen LogP contribution >= 0.6 is 35.0 Å². The first kappa shape index (κ1) is 22.4. The second kappa shape index (κ2) is 9.48. The minimum absolute atomic E-state index is 0.302. The number of carbonyl (C=O) groups excluding carboxylic acids is 1. The number of aliphatic imine (C=N–C) groups is 1. The Kier molecular flexibility index (Phi) is 6.44. The number of imidazole rings is 1. The van der Waals surface area contributed by atoms with Crippen molar-refractivity contribution in [3.05, 3.63) is 62.7 Å². The monoisotopic (exact) mass is 501 g/mol. The van der Waals surface area contributed by atoms with Gasteiger partial charge in [0.05, 0.1) is 51.4 Å². The predicted octanol–water partition coefficient (Wildman–Crippen LogP) is 4.79. The lowest BCUT2D eigenvalue weighted by Gasteiger charge is -2.26. The number of aryl methyl sites for hydroxylation is 1. The van der Waals surface area contributed by atoms with Crippen molar-refractivity contribution in [1.82, 2.24) is 14.5 Å². The molecule has 1 aromatic heterocycles. The van der Waals surface area contributed by atoms with Gasteiger partial charge in [-0.2, -0.15) is 4.99 Å². The van der Waals surface area contributed by atoms with Crippen molar-refractivity contribution in [3.8, 4) is 0 Å². The van der Waals surface area contributed by atoms with Crippen LogP contribution in [-0.2, 0) is 23.1 Å². The van der Waals surface area contributed by atoms with Crippen molar-refractivity contribution in [2.75, 3.05) is 31.6 Å². The van der Waals surface area contributed by atoms with Crippen molar-refractivity contribution in [2.24, 2.45) is 12.0 Å². The molecule has 3 heterocycles. The Balaban J connectivity index is 1.34. The number of nitrogens with zero attached hydrogens (tertiary/aromatic N) is 4. The van der Waals surface area contributed by atoms with Gasteiger partial charge < -0.3 is 14.6 Å². The van der Waals surface area contributed by atoms with E-state index in [1.807, 2.05) is 31.3 Å². The lowest BCUT2D eigenvalue weighted by molar-refractivity contribution is -0.113. The number of hydrogen-bond donors (Lipinski definition) is 1. The fourth-order valence-corrected chi connectivity index (χ4v) is 5.10. The normalized spacial score (nSPS) is 18.3. The average molecular weight is 502 g/mol. The van der Waals surface area contributed by atoms with E-state index < -0.39 is 0 Å². The van der Waals surface area contributed by atoms with E-state index in [4.69, 9.17) is 32.9 Å². The summed E-state index contributed by atoms with van der Waals surface area (Å²) in [5.41, 5.74) is 3.39. The molecule has 3 aromatic rings. The summed E-state index contributed by atoms with van der Waals surface area (Å²) in [7, 11) is 2.02. The van der Waals surface area contributed by atoms with E-state index in [-0.39, 0.29) is 5.91 Å². The Morgan fingerprint density at radius 2 is 1.94 bits per heavy atom. The molecule has 2 aliphatic rings. The number of ether oxygens (including phenoxy) is 1. The maximum absolute atomic E-state index is 12.5. The molecular weight excluding hydrogens is 481 g/mol. The van der Waals surface area contributed by atoms with Gasteiger partial charge >= 0.3 is 0 Å². The van der Waals surface area contributed by atoms with Crippen LogP contribution in [0.4, 0.5) is 5.69 Å². The predicted molar refractivity (Wildman–Crippen MR) is 135 cm³/mol. The van der Waals surface area contributed by atoms with Crippen LogP contribution in [0.5, 0.6) is 0 Å². The highest BCUT2D eigenvalue weighted by molar-refractivity contribution is 8.18. The van der Waals surface area contributed by atoms with Crippen molar-refractivity contribution in [3.63, 3.8) is 0 Å². The lowest BCUT2D eigenvalue weighted by atomic mass is 10.2. The zero-order chi connectivity index (χ0) is 22.9. The van der Waals surface area contributed by atoms with E-state index in [1.54, 1.807) is 18.2 Å². The van der Waals surface area contributed by atoms with Gasteiger partial charge in [-0.3, -0.25) is 9.69 Å². The van der Waals surface area contributed by atoms with Crippen LogP contribution in [0, 0.1) is 0 Å². The molecule has 2 aromatic carbocycles. The Bertz CT molecular complexity index is 1280. The highest BCUT2D eigenvalue weighted by atomic mass is 35.5. The molecule has 0 radical (unpaired) electrons. The third-order valence-corrected chi connectivity index (χ3v) is 7.11. The third kappa shape index (κ3) is 4.81. The molecule has 1 fully saturated rings. The van der Waals surface area contributed by atoms with E-state index in [2.05, 4.69) is 19.8 Å². The number of hydrogen-bond acceptors (Lipinski definition) is 6. The van der Waals surface area contributed by atoms with Crippen LogP contribution in [0.2, 0.25) is 10.0 Å². The first-order valence-electron chi connectivity index (χ1n) is 10.5. The van der Waals surface area contributed by atoms with Crippen LogP contribution in [0.3, 0.4) is 0 Å². The van der Waals surface area contributed by atoms with Gasteiger partial charge in [0.2, 0.25) is 0 Å². The van der Waals surface area contributed by atoms with Crippen molar-refractivity contribution in [1.29, 1.82) is 0 Å². The Hall–Kier alpha value is -2.36. The number of rotatable bonds is 4. The summed E-state index contributed by atoms with van der Waals surface area (Å²) < 4.78 is 7.55. The van der Waals surface area contributed by atoms with Crippen molar-refractivity contribution in [2.45, 2.75) is 6.54 Å². The molecule has 1 N–H and O–H groups in total. The van der Waals surface area contributed by atoms with E-state index in [0.29, 0.717) is 25.8 Å². The van der Waals surface area contributed by atoms with Gasteiger partial charge in [0, 0.05) is 20.1 Å². The number of para-hydroxylation sites is 1. The first-order chi connectivity index (χ1) is 16.0. The number of carbonyl (C=O) groups is 1. The quantitative estimate of drug-likeness (QED) is 0.518. The molecule has 170 valence electrons. The van der Waals surface area contributed by atoms with Gasteiger partial charge in [-0.15, -0.1) is 0 Å². The van der Waals surface area contributed by atoms with Gasteiger partial charge in [0.25, 0.3) is 5.91 Å². The van der Waals surface area contributed by atoms with Crippen LogP contribution < -0.4 is 5.32 Å². The molecular formula is C23H21Cl2N5O2S. The number of benzene rings is 2. The van der Waals surface area contributed by atoms with Crippen LogP contribution in [0.1, 0.15) is 11.4 Å². The number of anilines is 1. The minimum atomic E-state index is -0.302. The SMILES string of the molecule is Cn1c(CN2CCOCC2)nc2ccc(/C=C3\SC(Nc4c(Cl)cccc4Cl)=NC3=O)cc21. The zero-order valence-electron chi connectivity index (χ0n) is 17.8. The van der Waals surface area contributed by atoms with E-state index >= 15 is 0 Å². The molecule has 1 amide bonds. The molecule has 0 unspecified atom stereocenters. The van der Waals surface area contributed by atoms with Gasteiger partial charge in [0.1, 0.15) is 5.82 Å². The summed E-state index contributed by atoms with van der Waals surface area (Å²) in [6.45, 7) is 4.13. The second-order valence-electron chi connectivity index (χ2n) is 7.78. The molecule has 10 heteroatoms. The average Bonchev–Trinajstić information content (AvgIpc) is 3.30. The molecule has 7 nitrogen and oxygen atoms in total. The molecule has 5 rings (SSSR count). The number of nitrogens with one attached hydrogen (secondary N) is 1. The summed E-state index contributed by atoms with van der Waals surface area (Å²) in [6, 6.07) is 11.2. The number of halogens is 2. The minimum Gasteiger partial charge on any atom is -0.379 e. The van der Waals surface area contributed by atoms with Crippen LogP contribution in [0.25, 0.3) is 17.1 Å². The number of amides is 1. The molecule has 33 heavy (non-hydrogen) atoms. The van der Waals surface area contributed by atoms with Gasteiger partial charge in [-0.1, -0.05) is 35.3 Å². The maximum Gasteiger partial charge on any atom is 0.286 e. The Morgan fingerprint density at radius 3 is 2.70 bits per heavy atom. The molecule has 1 saturated heterocycles. The summed E-state index contributed by atoms with van der Waals surface area (Å²) in [5.74, 6) is 0.707. The summed E-state index contributed by atoms with van der Waals surface area (Å²) >= 11 is 13.7. The number of morpholine rings is 1. The fourth-order valence-electron chi connectivity index (χ4n) is 3.79. The zero-order valence-corrected chi connectivity index (χ0v) is 20.2. The van der Waals surface area contributed by atoms with Gasteiger partial charge in [-0.25, -0.2) is 4.98 Å². The lowest BCUT2D eigenvalue weighted by Crippen LogP contribution is -2.36. The Morgan fingerprint density at radius 1 is 1.18 bits per heavy atom. The third-order valence-electron chi connectivity index (χ3n) is 5.58. The standard InChI is InChI=1S/C23H21Cl2N5O2S/c1-29-18-11-14(5-6-17(18)26-20(29)13-30-7-9-32-10-8-30)12-19-22(31)28-23(33-19)27-21-15(24)3-2-4-16(21)25/h2-6,11-12H,7-10,13H2,1H3,(H,27,28,31)/b19-12-. The van der Waals surface area contributed by atoms with Crippen LogP contribution in [0.15, 0.2) is 46.3 Å². The van der Waals surface area contributed by atoms with Crippen LogP contribution in [-0.4, -0.2) is 51.8 Å². The van der Waals surface area contributed by atoms with Crippen molar-refractivity contribution >= 4 is 68.8 Å². The highest BCUT2D eigenvalue weighted by Crippen LogP contribution is 2.34. The Labute approximate surface area is 205 Å². The molecule has 0 aliphatic carbocycles. The van der Waals surface area contributed by atoms with Gasteiger partial charge in [-0.05, 0) is 47.7 Å². The summed E-state index contributed by atoms with van der Waals surface area (Å²) in [6.07, 6.45) is 1.84. The fraction of sp³-hybridized carbons (Fsp3) is 0.261. The van der Waals surface area contributed by atoms with E-state index in [9.17, 15) is 4.79 Å². The second-order valence-corrected chi connectivity index (χ2v) is 9.62. The maximum atomic E-state index is 12.5. The van der Waals surface area contributed by atoms with E-state index in [0.717, 1.165) is 55.3 Å². The summed E-state index contributed by atoms with van der Waals surface area (Å²) in [5, 5.41) is 4.43. The number of fused-ring (bicyclic) bond motifs is 1. The topological polar surface area (TPSA) is 71.8 Å². The van der Waals surface area contributed by atoms with Gasteiger partial charge in [0.15, 0.2) is 5.17 Å². The molecule has 2 aliphatic heterocycles. The first-order valence-corrected chi connectivity index (χ1v) is 12.0. The molecule has 0 atom stereocenters. The molecule has 0 saturated carbocycles. The highest BCUT2D eigenvalue weighted by Gasteiger charge is 2.23. The molecule has 0 spiro atoms. The number of amidine groups is 1. The smallest absolute Gasteiger partial charge is 0.286 e. The number of thioether (sulfide) groups is 1. The van der Waals surface area contributed by atoms with E-state index in [1.165, 1.54) is 11.8 Å². The van der Waals surface area contributed by atoms with Crippen molar-refractivity contribution < 1.29 is 9.53 Å². The number of aromatic nitrogens is 2.